The fourth-order valence-electron chi connectivity index (χ4n) is 3.47. The molecular formula is C16H26N2Zr. The molecule has 0 unspecified atom stereocenters. The van der Waals surface area contributed by atoms with Gasteiger partial charge in [0.05, 0.1) is 0 Å². The fraction of sp³-hybridized carbons (Fsp3) is 0.500. The minimum absolute atomic E-state index is 0.640. The van der Waals surface area contributed by atoms with Crippen molar-refractivity contribution in [2.75, 3.05) is 27.2 Å². The molecule has 2 nitrogen and oxygen atoms in total. The normalized spacial score (nSPS) is 19.7. The van der Waals surface area contributed by atoms with Gasteiger partial charge < -0.3 is 0 Å². The molecule has 0 heterocycles. The van der Waals surface area contributed by atoms with Gasteiger partial charge in [-0.1, -0.05) is 0 Å². The Morgan fingerprint density at radius 2 is 1.05 bits per heavy atom. The van der Waals surface area contributed by atoms with Crippen LogP contribution in [0.2, 0.25) is 7.25 Å². The molecule has 19 heavy (non-hydrogen) atoms. The van der Waals surface area contributed by atoms with Crippen molar-refractivity contribution in [2.45, 2.75) is 21.1 Å². The molecule has 0 fully saturated rings. The summed E-state index contributed by atoms with van der Waals surface area (Å²) in [6.07, 6.45) is 18.6. The maximum absolute atomic E-state index is 2.75. The second-order valence-electron chi connectivity index (χ2n) is 5.40. The Morgan fingerprint density at radius 3 is 1.32 bits per heavy atom. The summed E-state index contributed by atoms with van der Waals surface area (Å²) in [5.74, 6) is 0. The molecule has 0 aliphatic heterocycles. The summed E-state index contributed by atoms with van der Waals surface area (Å²) in [6.45, 7) is 6.85. The van der Waals surface area contributed by atoms with Gasteiger partial charge in [0.15, 0.2) is 0 Å². The van der Waals surface area contributed by atoms with Crippen LogP contribution in [-0.2, 0) is 20.8 Å². The summed E-state index contributed by atoms with van der Waals surface area (Å²) >= 11 is -2.75. The molecule has 2 aliphatic rings. The van der Waals surface area contributed by atoms with E-state index in [1.54, 1.807) is 0 Å². The van der Waals surface area contributed by atoms with Crippen LogP contribution in [0.1, 0.15) is 13.8 Å². The summed E-state index contributed by atoms with van der Waals surface area (Å²) in [6, 6.07) is 0. The molecule has 0 amide bonds. The van der Waals surface area contributed by atoms with Crippen molar-refractivity contribution >= 4 is 0 Å². The zero-order valence-electron chi connectivity index (χ0n) is 12.6. The van der Waals surface area contributed by atoms with Crippen LogP contribution >= 0.6 is 0 Å². The number of rotatable bonds is 6. The molecule has 2 aliphatic carbocycles. The van der Waals surface area contributed by atoms with Crippen LogP contribution in [0.3, 0.4) is 0 Å². The Labute approximate surface area is 123 Å². The first-order valence-corrected chi connectivity index (χ1v) is 12.3. The molecule has 0 bridgehead atoms. The van der Waals surface area contributed by atoms with E-state index in [1.807, 2.05) is 0 Å². The van der Waals surface area contributed by atoms with Crippen molar-refractivity contribution in [1.82, 2.24) is 5.69 Å². The fourth-order valence-corrected chi connectivity index (χ4v) is 17.4. The summed E-state index contributed by atoms with van der Waals surface area (Å²) < 4.78 is 6.68. The van der Waals surface area contributed by atoms with E-state index >= 15 is 0 Å². The molecule has 0 saturated heterocycles. The van der Waals surface area contributed by atoms with E-state index in [1.165, 1.54) is 0 Å². The third kappa shape index (κ3) is 2.53. The van der Waals surface area contributed by atoms with Gasteiger partial charge in [0.2, 0.25) is 0 Å². The van der Waals surface area contributed by atoms with Crippen molar-refractivity contribution in [2.24, 2.45) is 0 Å². The predicted octanol–water partition coefficient (Wildman–Crippen LogP) is 3.70. The Kier molecular flexibility index (Phi) is 5.17. The molecule has 2 rings (SSSR count). The second kappa shape index (κ2) is 6.48. The molecule has 104 valence electrons. The second-order valence-corrected chi connectivity index (χ2v) is 16.3. The van der Waals surface area contributed by atoms with Crippen LogP contribution in [0, 0.1) is 0 Å². The zero-order chi connectivity index (χ0) is 13.9. The van der Waals surface area contributed by atoms with Gasteiger partial charge in [-0.25, -0.2) is 0 Å². The summed E-state index contributed by atoms with van der Waals surface area (Å²) in [5.41, 5.74) is 0. The van der Waals surface area contributed by atoms with Gasteiger partial charge in [-0.2, -0.15) is 0 Å². The summed E-state index contributed by atoms with van der Waals surface area (Å²) in [5, 5.41) is 0. The van der Waals surface area contributed by atoms with Gasteiger partial charge in [-0.3, -0.25) is 0 Å². The molecule has 0 aromatic carbocycles. The van der Waals surface area contributed by atoms with E-state index in [-0.39, 0.29) is 0 Å². The van der Waals surface area contributed by atoms with Crippen LogP contribution in [0.4, 0.5) is 0 Å². The summed E-state index contributed by atoms with van der Waals surface area (Å²) in [4.78, 5) is 0. The van der Waals surface area contributed by atoms with E-state index in [0.29, 0.717) is 7.25 Å². The topological polar surface area (TPSA) is 6.48 Å². The molecule has 0 aromatic heterocycles. The molecule has 0 aromatic rings. The van der Waals surface area contributed by atoms with Crippen molar-refractivity contribution in [3.63, 3.8) is 0 Å². The Hall–Kier alpha value is -0.237. The van der Waals surface area contributed by atoms with E-state index < -0.39 is 20.8 Å². The zero-order valence-corrected chi connectivity index (χ0v) is 15.0. The van der Waals surface area contributed by atoms with Crippen LogP contribution in [0.25, 0.3) is 0 Å². The molecule has 0 radical (unpaired) electrons. The number of hydrogen-bond donors (Lipinski definition) is 0. The van der Waals surface area contributed by atoms with Crippen LogP contribution < -0.4 is 0 Å². The quantitative estimate of drug-likeness (QED) is 0.729. The maximum atomic E-state index is 2.70. The van der Waals surface area contributed by atoms with Crippen molar-refractivity contribution < 1.29 is 20.8 Å². The SMILES string of the molecule is CC[N](C)[Zr]([CH]1C=CC=C1)([CH]1C=CC=C1)[N](C)CC. The van der Waals surface area contributed by atoms with E-state index in [4.69, 9.17) is 0 Å². The van der Waals surface area contributed by atoms with Gasteiger partial charge >= 0.3 is 123 Å². The van der Waals surface area contributed by atoms with Crippen molar-refractivity contribution in [1.29, 1.82) is 0 Å². The predicted molar refractivity (Wildman–Crippen MR) is 80.7 cm³/mol. The van der Waals surface area contributed by atoms with Gasteiger partial charge in [-0.15, -0.1) is 0 Å². The standard InChI is InChI=1S/2C5H5.2C3H8N.Zr/c2*1-2-4-5-3-1;2*1-3-4-2;/h2*1-5H;2*3H2,1-2H3;/q;;2*-1;+2. The van der Waals surface area contributed by atoms with E-state index in [0.717, 1.165) is 13.1 Å². The first-order chi connectivity index (χ1) is 9.17. The molecule has 0 saturated carbocycles. The first-order valence-electron chi connectivity index (χ1n) is 7.30. The average Bonchev–Trinajstić information content (AvgIpc) is 3.12. The molecule has 0 atom stereocenters. The van der Waals surface area contributed by atoms with Crippen molar-refractivity contribution in [3.05, 3.63) is 48.6 Å². The van der Waals surface area contributed by atoms with Crippen LogP contribution in [-0.4, -0.2) is 32.9 Å². The molecule has 3 heteroatoms. The first kappa shape index (κ1) is 15.2. The van der Waals surface area contributed by atoms with Crippen LogP contribution in [0.5, 0.6) is 0 Å². The third-order valence-corrected chi connectivity index (χ3v) is 18.9. The average molecular weight is 338 g/mol. The number of hydrogen-bond acceptors (Lipinski definition) is 2. The number of allylic oxidation sites excluding steroid dienone is 8. The third-order valence-electron chi connectivity index (χ3n) is 4.65. The van der Waals surface area contributed by atoms with Crippen molar-refractivity contribution in [3.8, 4) is 0 Å². The molecule has 0 spiro atoms. The Bertz CT molecular complexity index is 358. The summed E-state index contributed by atoms with van der Waals surface area (Å²) in [7, 11) is 4.67. The molecule has 0 N–H and O–H groups in total. The van der Waals surface area contributed by atoms with Gasteiger partial charge in [0.25, 0.3) is 0 Å². The number of nitrogens with zero attached hydrogens (tertiary/aromatic N) is 2. The van der Waals surface area contributed by atoms with Gasteiger partial charge in [0, 0.05) is 0 Å². The minimum atomic E-state index is -2.75. The van der Waals surface area contributed by atoms with Gasteiger partial charge in [0.1, 0.15) is 0 Å². The van der Waals surface area contributed by atoms with Crippen LogP contribution in [0.15, 0.2) is 48.6 Å². The van der Waals surface area contributed by atoms with Gasteiger partial charge in [-0.05, 0) is 0 Å². The Morgan fingerprint density at radius 1 is 0.737 bits per heavy atom. The Balaban J connectivity index is 2.49. The van der Waals surface area contributed by atoms with E-state index in [2.05, 4.69) is 82.2 Å². The molecular weight excluding hydrogens is 311 g/mol. The monoisotopic (exact) mass is 336 g/mol. The van der Waals surface area contributed by atoms with E-state index in [9.17, 15) is 0 Å².